The maximum absolute atomic E-state index is 11.3. The van der Waals surface area contributed by atoms with Crippen molar-refractivity contribution in [3.05, 3.63) is 53.1 Å². The van der Waals surface area contributed by atoms with Crippen molar-refractivity contribution in [2.24, 2.45) is 0 Å². The minimum Gasteiger partial charge on any atom is -0.503 e. The molecule has 0 atom stereocenters. The van der Waals surface area contributed by atoms with Gasteiger partial charge >= 0.3 is 5.97 Å². The second-order valence-corrected chi connectivity index (χ2v) is 6.46. The molecule has 0 amide bonds. The van der Waals surface area contributed by atoms with Crippen molar-refractivity contribution in [1.82, 2.24) is 4.57 Å². The quantitative estimate of drug-likeness (QED) is 0.635. The Bertz CT molecular complexity index is 1050. The highest BCUT2D eigenvalue weighted by atomic mass is 16.5. The zero-order valence-corrected chi connectivity index (χ0v) is 15.9. The number of carboxylic acid groups (broad SMARTS) is 1. The van der Waals surface area contributed by atoms with E-state index in [4.69, 9.17) is 4.74 Å². The topological polar surface area (TPSA) is 71.7 Å². The number of phenolic OH excluding ortho intramolecular Hbond substituents is 1. The van der Waals surface area contributed by atoms with Gasteiger partial charge in [0.25, 0.3) is 0 Å². The molecule has 0 spiro atoms. The monoisotopic (exact) mass is 365 g/mol. The Kier molecular flexibility index (Phi) is 4.95. The second-order valence-electron chi connectivity index (χ2n) is 6.46. The van der Waals surface area contributed by atoms with Gasteiger partial charge in [-0.1, -0.05) is 30.3 Å². The molecule has 0 saturated carbocycles. The Morgan fingerprint density at radius 3 is 2.48 bits per heavy atom. The average molecular weight is 365 g/mol. The predicted molar refractivity (Wildman–Crippen MR) is 107 cm³/mol. The van der Waals surface area contributed by atoms with Gasteiger partial charge in [0.15, 0.2) is 11.5 Å². The molecular formula is C22H23NO4. The lowest BCUT2D eigenvalue weighted by Crippen LogP contribution is -1.99. The normalized spacial score (nSPS) is 11.8. The van der Waals surface area contributed by atoms with Crippen molar-refractivity contribution in [2.75, 3.05) is 7.11 Å². The van der Waals surface area contributed by atoms with Gasteiger partial charge in [-0.3, -0.25) is 0 Å². The molecule has 2 N–H and O–H groups in total. The molecule has 0 saturated heterocycles. The number of hydrogen-bond donors (Lipinski definition) is 2. The fraction of sp³-hybridized carbons (Fsp3) is 0.227. The van der Waals surface area contributed by atoms with Crippen LogP contribution in [0.1, 0.15) is 25.0 Å². The zero-order chi connectivity index (χ0) is 19.7. The van der Waals surface area contributed by atoms with Crippen molar-refractivity contribution in [2.45, 2.75) is 27.3 Å². The number of aryl methyl sites for hydroxylation is 2. The lowest BCUT2D eigenvalue weighted by molar-refractivity contribution is -0.132. The van der Waals surface area contributed by atoms with Crippen molar-refractivity contribution in [3.8, 4) is 22.8 Å². The number of fused-ring (bicyclic) bond motifs is 1. The third-order valence-electron chi connectivity index (χ3n) is 4.83. The minimum absolute atomic E-state index is 0.0600. The summed E-state index contributed by atoms with van der Waals surface area (Å²) in [6.07, 6.45) is 1.62. The molecule has 0 fully saturated rings. The largest absolute Gasteiger partial charge is 0.503 e. The number of benzene rings is 2. The molecule has 5 nitrogen and oxygen atoms in total. The Morgan fingerprint density at radius 2 is 1.93 bits per heavy atom. The Labute approximate surface area is 158 Å². The molecular weight excluding hydrogens is 342 g/mol. The number of aromatic nitrogens is 1. The molecule has 1 aromatic heterocycles. The maximum Gasteiger partial charge on any atom is 0.331 e. The summed E-state index contributed by atoms with van der Waals surface area (Å²) in [5, 5.41) is 21.0. The molecule has 0 radical (unpaired) electrons. The van der Waals surface area contributed by atoms with E-state index < -0.39 is 5.97 Å². The molecule has 2 aromatic carbocycles. The van der Waals surface area contributed by atoms with Crippen LogP contribution in [0.5, 0.6) is 11.5 Å². The van der Waals surface area contributed by atoms with Crippen LogP contribution in [0, 0.1) is 6.92 Å². The summed E-state index contributed by atoms with van der Waals surface area (Å²) >= 11 is 0. The predicted octanol–water partition coefficient (Wildman–Crippen LogP) is 4.84. The van der Waals surface area contributed by atoms with Crippen LogP contribution in [0.2, 0.25) is 0 Å². The molecule has 140 valence electrons. The SMILES string of the molecule is CCn1c(-c2ccccc2)c(C)c2c(/C=C(\C)C(=O)O)cc(OC)c(O)c21. The molecule has 0 bridgehead atoms. The number of aliphatic carboxylic acids is 1. The van der Waals surface area contributed by atoms with E-state index in [1.54, 1.807) is 19.1 Å². The standard InChI is InChI=1S/C22H23NO4/c1-5-23-19(15-9-7-6-8-10-15)14(3)18-16(11-13(2)22(25)26)12-17(27-4)21(24)20(18)23/h6-12,24H,5H2,1-4H3,(H,25,26)/b13-11+. The third kappa shape index (κ3) is 3.05. The summed E-state index contributed by atoms with van der Waals surface area (Å²) in [5.41, 5.74) is 4.60. The van der Waals surface area contributed by atoms with Gasteiger partial charge < -0.3 is 19.5 Å². The molecule has 0 unspecified atom stereocenters. The van der Waals surface area contributed by atoms with Crippen LogP contribution >= 0.6 is 0 Å². The smallest absolute Gasteiger partial charge is 0.331 e. The highest BCUT2D eigenvalue weighted by molar-refractivity contribution is 6.04. The highest BCUT2D eigenvalue weighted by Crippen LogP contribution is 2.44. The Balaban J connectivity index is 2.49. The summed E-state index contributed by atoms with van der Waals surface area (Å²) in [5.74, 6) is -0.602. The van der Waals surface area contributed by atoms with E-state index in [9.17, 15) is 15.0 Å². The zero-order valence-electron chi connectivity index (χ0n) is 15.9. The second kappa shape index (κ2) is 7.19. The number of aromatic hydroxyl groups is 1. The molecule has 1 heterocycles. The molecule has 0 aliphatic heterocycles. The molecule has 5 heteroatoms. The summed E-state index contributed by atoms with van der Waals surface area (Å²) in [6, 6.07) is 11.7. The van der Waals surface area contributed by atoms with Crippen LogP contribution in [-0.4, -0.2) is 27.9 Å². The minimum atomic E-state index is -0.981. The van der Waals surface area contributed by atoms with Crippen molar-refractivity contribution < 1.29 is 19.7 Å². The average Bonchev–Trinajstić information content (AvgIpc) is 2.97. The fourth-order valence-corrected chi connectivity index (χ4v) is 3.59. The summed E-state index contributed by atoms with van der Waals surface area (Å²) in [7, 11) is 1.49. The van der Waals surface area contributed by atoms with Crippen molar-refractivity contribution in [1.29, 1.82) is 0 Å². The van der Waals surface area contributed by atoms with Gasteiger partial charge in [-0.15, -0.1) is 0 Å². The van der Waals surface area contributed by atoms with E-state index in [2.05, 4.69) is 0 Å². The molecule has 3 aromatic rings. The summed E-state index contributed by atoms with van der Waals surface area (Å²) in [4.78, 5) is 11.3. The molecule has 3 rings (SSSR count). The number of carbonyl (C=O) groups is 1. The van der Waals surface area contributed by atoms with Gasteiger partial charge in [-0.2, -0.15) is 0 Å². The van der Waals surface area contributed by atoms with Crippen LogP contribution in [0.25, 0.3) is 28.2 Å². The lowest BCUT2D eigenvalue weighted by Gasteiger charge is -2.12. The number of hydrogen-bond acceptors (Lipinski definition) is 3. The van der Waals surface area contributed by atoms with E-state index in [-0.39, 0.29) is 11.3 Å². The first-order valence-electron chi connectivity index (χ1n) is 8.80. The number of ether oxygens (including phenoxy) is 1. The first-order valence-corrected chi connectivity index (χ1v) is 8.80. The van der Waals surface area contributed by atoms with Crippen molar-refractivity contribution >= 4 is 22.9 Å². The molecule has 27 heavy (non-hydrogen) atoms. The van der Waals surface area contributed by atoms with E-state index in [1.807, 2.05) is 48.7 Å². The molecule has 0 aliphatic rings. The summed E-state index contributed by atoms with van der Waals surface area (Å²) in [6.45, 7) is 6.21. The van der Waals surface area contributed by atoms with Gasteiger partial charge in [0.2, 0.25) is 0 Å². The van der Waals surface area contributed by atoms with Gasteiger partial charge in [0, 0.05) is 17.5 Å². The third-order valence-corrected chi connectivity index (χ3v) is 4.83. The first kappa shape index (κ1) is 18.6. The Morgan fingerprint density at radius 1 is 1.26 bits per heavy atom. The number of rotatable bonds is 5. The van der Waals surface area contributed by atoms with E-state index in [1.165, 1.54) is 7.11 Å². The lowest BCUT2D eigenvalue weighted by atomic mass is 10.0. The van der Waals surface area contributed by atoms with Gasteiger partial charge in [-0.25, -0.2) is 4.79 Å². The highest BCUT2D eigenvalue weighted by Gasteiger charge is 2.22. The number of methoxy groups -OCH3 is 1. The van der Waals surface area contributed by atoms with Gasteiger partial charge in [-0.05, 0) is 49.6 Å². The van der Waals surface area contributed by atoms with E-state index in [0.717, 1.165) is 22.2 Å². The van der Waals surface area contributed by atoms with Gasteiger partial charge in [0.05, 0.1) is 18.3 Å². The Hall–Kier alpha value is -3.21. The van der Waals surface area contributed by atoms with Crippen LogP contribution in [-0.2, 0) is 11.3 Å². The summed E-state index contributed by atoms with van der Waals surface area (Å²) < 4.78 is 7.40. The van der Waals surface area contributed by atoms with Crippen LogP contribution in [0.4, 0.5) is 0 Å². The number of carboxylic acids is 1. The number of phenols is 1. The van der Waals surface area contributed by atoms with Crippen LogP contribution in [0.15, 0.2) is 42.0 Å². The fourth-order valence-electron chi connectivity index (χ4n) is 3.59. The molecule has 0 aliphatic carbocycles. The number of nitrogens with zero attached hydrogens (tertiary/aromatic N) is 1. The maximum atomic E-state index is 11.3. The van der Waals surface area contributed by atoms with Crippen LogP contribution in [0.3, 0.4) is 0 Å². The van der Waals surface area contributed by atoms with Gasteiger partial charge in [0.1, 0.15) is 0 Å². The van der Waals surface area contributed by atoms with Crippen LogP contribution < -0.4 is 4.74 Å². The van der Waals surface area contributed by atoms with Crippen molar-refractivity contribution in [3.63, 3.8) is 0 Å². The first-order chi connectivity index (χ1) is 12.9. The van der Waals surface area contributed by atoms with E-state index >= 15 is 0 Å². The van der Waals surface area contributed by atoms with E-state index in [0.29, 0.717) is 23.4 Å².